The highest BCUT2D eigenvalue weighted by molar-refractivity contribution is 5.30. The highest BCUT2D eigenvalue weighted by atomic mass is 16.5. The van der Waals surface area contributed by atoms with Gasteiger partial charge >= 0.3 is 0 Å². The molecular formula is C17H25NO. The molecule has 0 spiro atoms. The van der Waals surface area contributed by atoms with Crippen LogP contribution in [-0.4, -0.2) is 24.6 Å². The summed E-state index contributed by atoms with van der Waals surface area (Å²) in [6.07, 6.45) is 8.53. The van der Waals surface area contributed by atoms with Gasteiger partial charge in [0, 0.05) is 12.1 Å². The van der Waals surface area contributed by atoms with E-state index in [-0.39, 0.29) is 0 Å². The van der Waals surface area contributed by atoms with Crippen LogP contribution in [0.15, 0.2) is 36.4 Å². The van der Waals surface area contributed by atoms with Crippen molar-refractivity contribution >= 4 is 0 Å². The van der Waals surface area contributed by atoms with E-state index in [2.05, 4.69) is 49.1 Å². The van der Waals surface area contributed by atoms with E-state index >= 15 is 0 Å². The van der Waals surface area contributed by atoms with Crippen molar-refractivity contribution < 1.29 is 4.74 Å². The zero-order valence-electron chi connectivity index (χ0n) is 12.3. The summed E-state index contributed by atoms with van der Waals surface area (Å²) in [5.41, 5.74) is 1.33. The summed E-state index contributed by atoms with van der Waals surface area (Å²) in [5, 5.41) is 0. The lowest BCUT2D eigenvalue weighted by Gasteiger charge is -2.35. The molecule has 1 aromatic carbocycles. The number of methoxy groups -OCH3 is 1. The van der Waals surface area contributed by atoms with Gasteiger partial charge in [-0.05, 0) is 50.4 Å². The van der Waals surface area contributed by atoms with Gasteiger partial charge in [0.25, 0.3) is 0 Å². The molecule has 0 N–H and O–H groups in total. The monoisotopic (exact) mass is 259 g/mol. The molecule has 0 radical (unpaired) electrons. The smallest absolute Gasteiger partial charge is 0.119 e. The van der Waals surface area contributed by atoms with Gasteiger partial charge in [0.2, 0.25) is 0 Å². The Morgan fingerprint density at radius 3 is 2.89 bits per heavy atom. The van der Waals surface area contributed by atoms with Crippen molar-refractivity contribution in [3.05, 3.63) is 42.0 Å². The summed E-state index contributed by atoms with van der Waals surface area (Å²) in [6.45, 7) is 5.62. The quantitative estimate of drug-likeness (QED) is 0.735. The Morgan fingerprint density at radius 2 is 2.26 bits per heavy atom. The highest BCUT2D eigenvalue weighted by Crippen LogP contribution is 2.28. The van der Waals surface area contributed by atoms with E-state index in [4.69, 9.17) is 4.74 Å². The molecule has 2 nitrogen and oxygen atoms in total. The number of rotatable bonds is 5. The molecule has 0 bridgehead atoms. The number of ether oxygens (including phenoxy) is 1. The van der Waals surface area contributed by atoms with Crippen molar-refractivity contribution in [2.45, 2.75) is 45.2 Å². The number of benzene rings is 1. The number of nitrogens with zero attached hydrogens (tertiary/aromatic N) is 1. The fourth-order valence-electron chi connectivity index (χ4n) is 2.96. The van der Waals surface area contributed by atoms with Crippen LogP contribution in [0.5, 0.6) is 5.75 Å². The van der Waals surface area contributed by atoms with E-state index in [1.54, 1.807) is 7.11 Å². The molecule has 0 saturated carbocycles. The number of allylic oxidation sites excluding steroid dienone is 1. The standard InChI is InChI=1S/C17H25NO/c1-4-18(16-10-6-5-7-11-16)14(2)15-9-8-12-17(13-15)19-3/h6,8-10,12-14,16H,4-5,7,11H2,1-3H3. The second kappa shape index (κ2) is 6.76. The van der Waals surface area contributed by atoms with E-state index < -0.39 is 0 Å². The maximum Gasteiger partial charge on any atom is 0.119 e. The van der Waals surface area contributed by atoms with Crippen LogP contribution in [-0.2, 0) is 0 Å². The van der Waals surface area contributed by atoms with Crippen LogP contribution in [0.3, 0.4) is 0 Å². The minimum atomic E-state index is 0.424. The predicted molar refractivity (Wildman–Crippen MR) is 80.6 cm³/mol. The van der Waals surface area contributed by atoms with Crippen molar-refractivity contribution in [1.29, 1.82) is 0 Å². The Kier molecular flexibility index (Phi) is 5.03. The molecule has 0 saturated heterocycles. The zero-order chi connectivity index (χ0) is 13.7. The SMILES string of the molecule is CCN(C1C=CCCC1)C(C)c1cccc(OC)c1. The third kappa shape index (κ3) is 3.38. The van der Waals surface area contributed by atoms with E-state index in [0.717, 1.165) is 12.3 Å². The molecule has 0 aromatic heterocycles. The minimum Gasteiger partial charge on any atom is -0.497 e. The average molecular weight is 259 g/mol. The van der Waals surface area contributed by atoms with Gasteiger partial charge in [0.15, 0.2) is 0 Å². The summed E-state index contributed by atoms with van der Waals surface area (Å²) < 4.78 is 5.33. The first-order valence-electron chi connectivity index (χ1n) is 7.32. The molecule has 0 heterocycles. The summed E-state index contributed by atoms with van der Waals surface area (Å²) in [4.78, 5) is 2.57. The first-order chi connectivity index (χ1) is 9.26. The third-order valence-corrected chi connectivity index (χ3v) is 4.09. The Morgan fingerprint density at radius 1 is 1.42 bits per heavy atom. The van der Waals surface area contributed by atoms with E-state index in [1.807, 2.05) is 6.07 Å². The molecule has 2 rings (SSSR count). The Bertz CT molecular complexity index is 427. The van der Waals surface area contributed by atoms with Crippen LogP contribution < -0.4 is 4.74 Å². The average Bonchev–Trinajstić information content (AvgIpc) is 2.49. The van der Waals surface area contributed by atoms with Gasteiger partial charge in [-0.3, -0.25) is 4.90 Å². The van der Waals surface area contributed by atoms with Crippen LogP contribution in [0.2, 0.25) is 0 Å². The van der Waals surface area contributed by atoms with Crippen molar-refractivity contribution in [3.8, 4) is 5.75 Å². The van der Waals surface area contributed by atoms with Crippen molar-refractivity contribution in [1.82, 2.24) is 4.90 Å². The molecule has 19 heavy (non-hydrogen) atoms. The minimum absolute atomic E-state index is 0.424. The van der Waals surface area contributed by atoms with Gasteiger partial charge in [-0.15, -0.1) is 0 Å². The first kappa shape index (κ1) is 14.1. The molecule has 1 aromatic rings. The lowest BCUT2D eigenvalue weighted by molar-refractivity contribution is 0.168. The van der Waals surface area contributed by atoms with Crippen LogP contribution in [0.1, 0.15) is 44.7 Å². The fraction of sp³-hybridized carbons (Fsp3) is 0.529. The van der Waals surface area contributed by atoms with Gasteiger partial charge in [0.1, 0.15) is 5.75 Å². The number of hydrogen-bond donors (Lipinski definition) is 0. The van der Waals surface area contributed by atoms with Gasteiger partial charge in [-0.2, -0.15) is 0 Å². The van der Waals surface area contributed by atoms with E-state index in [1.165, 1.54) is 24.8 Å². The zero-order valence-corrected chi connectivity index (χ0v) is 12.3. The van der Waals surface area contributed by atoms with Crippen LogP contribution in [0.4, 0.5) is 0 Å². The van der Waals surface area contributed by atoms with Crippen molar-refractivity contribution in [2.24, 2.45) is 0 Å². The van der Waals surface area contributed by atoms with E-state index in [0.29, 0.717) is 12.1 Å². The highest BCUT2D eigenvalue weighted by Gasteiger charge is 2.22. The maximum atomic E-state index is 5.33. The molecule has 2 unspecified atom stereocenters. The van der Waals surface area contributed by atoms with Crippen LogP contribution in [0.25, 0.3) is 0 Å². The molecule has 0 aliphatic heterocycles. The van der Waals surface area contributed by atoms with Gasteiger partial charge in [0.05, 0.1) is 7.11 Å². The Labute approximate surface area is 117 Å². The topological polar surface area (TPSA) is 12.5 Å². The lowest BCUT2D eigenvalue weighted by Crippen LogP contribution is -2.36. The van der Waals surface area contributed by atoms with Gasteiger partial charge in [-0.1, -0.05) is 31.2 Å². The van der Waals surface area contributed by atoms with Gasteiger partial charge in [-0.25, -0.2) is 0 Å². The molecule has 0 amide bonds. The largest absolute Gasteiger partial charge is 0.497 e. The molecule has 1 aliphatic rings. The Balaban J connectivity index is 2.16. The predicted octanol–water partition coefficient (Wildman–Crippen LogP) is 4.19. The summed E-state index contributed by atoms with van der Waals surface area (Å²) in [5.74, 6) is 0.944. The number of hydrogen-bond acceptors (Lipinski definition) is 2. The van der Waals surface area contributed by atoms with Crippen molar-refractivity contribution in [2.75, 3.05) is 13.7 Å². The van der Waals surface area contributed by atoms with Crippen LogP contribution in [0, 0.1) is 0 Å². The van der Waals surface area contributed by atoms with Crippen molar-refractivity contribution in [3.63, 3.8) is 0 Å². The van der Waals surface area contributed by atoms with Gasteiger partial charge < -0.3 is 4.74 Å². The lowest BCUT2D eigenvalue weighted by atomic mass is 9.97. The van der Waals surface area contributed by atoms with E-state index in [9.17, 15) is 0 Å². The normalized spacial score (nSPS) is 20.5. The first-order valence-corrected chi connectivity index (χ1v) is 7.32. The third-order valence-electron chi connectivity index (χ3n) is 4.09. The van der Waals surface area contributed by atoms with Crippen LogP contribution >= 0.6 is 0 Å². The molecule has 2 atom stereocenters. The molecular weight excluding hydrogens is 234 g/mol. The fourth-order valence-corrected chi connectivity index (χ4v) is 2.96. The summed E-state index contributed by atoms with van der Waals surface area (Å²) >= 11 is 0. The maximum absolute atomic E-state index is 5.33. The molecule has 2 heteroatoms. The molecule has 104 valence electrons. The summed E-state index contributed by atoms with van der Waals surface area (Å²) in [7, 11) is 1.73. The molecule has 0 fully saturated rings. The second-order valence-electron chi connectivity index (χ2n) is 5.21. The summed E-state index contributed by atoms with van der Waals surface area (Å²) in [6, 6.07) is 9.44. The Hall–Kier alpha value is -1.28. The second-order valence-corrected chi connectivity index (χ2v) is 5.21. The number of likely N-dealkylation sites (N-methyl/N-ethyl adjacent to an activating group) is 1. The molecule has 1 aliphatic carbocycles.